The number of rotatable bonds is 7. The molecule has 0 saturated carbocycles. The second-order valence-electron chi connectivity index (χ2n) is 3.44. The van der Waals surface area contributed by atoms with E-state index in [1.165, 1.54) is 25.9 Å². The van der Waals surface area contributed by atoms with Gasteiger partial charge >= 0.3 is 0 Å². The van der Waals surface area contributed by atoms with Gasteiger partial charge in [0.2, 0.25) is 0 Å². The average molecular weight is 172 g/mol. The lowest BCUT2D eigenvalue weighted by molar-refractivity contribution is 0.207. The highest BCUT2D eigenvalue weighted by Gasteiger charge is 2.09. The fourth-order valence-corrected chi connectivity index (χ4v) is 1.55. The maximum atomic E-state index is 3.22. The summed E-state index contributed by atoms with van der Waals surface area (Å²) in [5.41, 5.74) is 0. The number of hydrogen-bond acceptors (Lipinski definition) is 2. The van der Waals surface area contributed by atoms with Crippen LogP contribution in [0.3, 0.4) is 0 Å². The van der Waals surface area contributed by atoms with Crippen LogP contribution in [0.1, 0.15) is 33.6 Å². The van der Waals surface area contributed by atoms with E-state index in [0.29, 0.717) is 6.04 Å². The lowest BCUT2D eigenvalue weighted by Crippen LogP contribution is -2.40. The first-order valence-electron chi connectivity index (χ1n) is 5.14. The van der Waals surface area contributed by atoms with Crippen LogP contribution in [-0.4, -0.2) is 37.6 Å². The summed E-state index contributed by atoms with van der Waals surface area (Å²) in [6.45, 7) is 10.3. The van der Waals surface area contributed by atoms with Crippen LogP contribution in [0.4, 0.5) is 0 Å². The lowest BCUT2D eigenvalue weighted by Gasteiger charge is -2.28. The standard InChI is InChI=1S/C10H24N2/c1-5-7-12(8-6-2)10(3)9-11-4/h10-11H,5-9H2,1-4H3. The van der Waals surface area contributed by atoms with Crippen molar-refractivity contribution in [2.24, 2.45) is 0 Å². The summed E-state index contributed by atoms with van der Waals surface area (Å²) in [6.07, 6.45) is 2.52. The third-order valence-corrected chi connectivity index (χ3v) is 2.14. The van der Waals surface area contributed by atoms with Gasteiger partial charge in [-0.05, 0) is 39.9 Å². The number of nitrogens with zero attached hydrogens (tertiary/aromatic N) is 1. The summed E-state index contributed by atoms with van der Waals surface area (Å²) < 4.78 is 0. The molecule has 74 valence electrons. The van der Waals surface area contributed by atoms with E-state index in [2.05, 4.69) is 31.0 Å². The van der Waals surface area contributed by atoms with Crippen LogP contribution >= 0.6 is 0 Å². The Balaban J connectivity index is 3.72. The van der Waals surface area contributed by atoms with E-state index in [1.807, 2.05) is 7.05 Å². The molecule has 0 aromatic rings. The molecule has 1 N–H and O–H groups in total. The van der Waals surface area contributed by atoms with Gasteiger partial charge in [-0.1, -0.05) is 13.8 Å². The van der Waals surface area contributed by atoms with Crippen molar-refractivity contribution in [1.82, 2.24) is 10.2 Å². The van der Waals surface area contributed by atoms with Gasteiger partial charge < -0.3 is 5.32 Å². The number of nitrogens with one attached hydrogen (secondary N) is 1. The van der Waals surface area contributed by atoms with E-state index >= 15 is 0 Å². The Bertz CT molecular complexity index is 87.8. The first kappa shape index (κ1) is 11.9. The van der Waals surface area contributed by atoms with Crippen molar-refractivity contribution in [2.75, 3.05) is 26.7 Å². The maximum Gasteiger partial charge on any atom is 0.0192 e. The van der Waals surface area contributed by atoms with Crippen LogP contribution < -0.4 is 5.32 Å². The summed E-state index contributed by atoms with van der Waals surface area (Å²) in [7, 11) is 2.02. The van der Waals surface area contributed by atoms with E-state index < -0.39 is 0 Å². The molecule has 0 aromatic heterocycles. The molecule has 0 aliphatic carbocycles. The van der Waals surface area contributed by atoms with E-state index in [1.54, 1.807) is 0 Å². The highest BCUT2D eigenvalue weighted by Crippen LogP contribution is 2.00. The molecular weight excluding hydrogens is 148 g/mol. The van der Waals surface area contributed by atoms with Crippen LogP contribution in [-0.2, 0) is 0 Å². The minimum Gasteiger partial charge on any atom is -0.318 e. The second kappa shape index (κ2) is 7.56. The highest BCUT2D eigenvalue weighted by molar-refractivity contribution is 4.67. The molecular formula is C10H24N2. The zero-order chi connectivity index (χ0) is 9.40. The minimum atomic E-state index is 0.676. The Morgan fingerprint density at radius 2 is 1.67 bits per heavy atom. The van der Waals surface area contributed by atoms with Crippen LogP contribution in [0.2, 0.25) is 0 Å². The normalized spacial score (nSPS) is 13.8. The molecule has 0 rings (SSSR count). The monoisotopic (exact) mass is 172 g/mol. The summed E-state index contributed by atoms with van der Waals surface area (Å²) >= 11 is 0. The second-order valence-corrected chi connectivity index (χ2v) is 3.44. The van der Waals surface area contributed by atoms with Gasteiger partial charge in [0.15, 0.2) is 0 Å². The summed E-state index contributed by atoms with van der Waals surface area (Å²) in [4.78, 5) is 2.55. The van der Waals surface area contributed by atoms with Crippen LogP contribution in [0.5, 0.6) is 0 Å². The summed E-state index contributed by atoms with van der Waals surface area (Å²) in [6, 6.07) is 0.676. The average Bonchev–Trinajstić information content (AvgIpc) is 2.04. The number of hydrogen-bond donors (Lipinski definition) is 1. The summed E-state index contributed by atoms with van der Waals surface area (Å²) in [5.74, 6) is 0. The van der Waals surface area contributed by atoms with E-state index in [0.717, 1.165) is 6.54 Å². The Labute approximate surface area is 77.3 Å². The van der Waals surface area contributed by atoms with Gasteiger partial charge in [-0.2, -0.15) is 0 Å². The van der Waals surface area contributed by atoms with Gasteiger partial charge in [-0.15, -0.1) is 0 Å². The largest absolute Gasteiger partial charge is 0.318 e. The van der Waals surface area contributed by atoms with Crippen LogP contribution in [0, 0.1) is 0 Å². The van der Waals surface area contributed by atoms with Gasteiger partial charge in [-0.3, -0.25) is 4.90 Å². The smallest absolute Gasteiger partial charge is 0.0192 e. The van der Waals surface area contributed by atoms with Crippen molar-refractivity contribution < 1.29 is 0 Å². The molecule has 0 fully saturated rings. The Kier molecular flexibility index (Phi) is 7.51. The third kappa shape index (κ3) is 4.73. The molecule has 2 heteroatoms. The van der Waals surface area contributed by atoms with E-state index in [9.17, 15) is 0 Å². The van der Waals surface area contributed by atoms with Crippen LogP contribution in [0.25, 0.3) is 0 Å². The molecule has 0 aliphatic heterocycles. The highest BCUT2D eigenvalue weighted by atomic mass is 15.2. The molecule has 12 heavy (non-hydrogen) atoms. The van der Waals surface area contributed by atoms with Crippen molar-refractivity contribution in [3.8, 4) is 0 Å². The molecule has 0 radical (unpaired) electrons. The molecule has 0 heterocycles. The maximum absolute atomic E-state index is 3.22. The van der Waals surface area contributed by atoms with Gasteiger partial charge in [0, 0.05) is 12.6 Å². The predicted octanol–water partition coefficient (Wildman–Crippen LogP) is 1.72. The minimum absolute atomic E-state index is 0.676. The van der Waals surface area contributed by atoms with Crippen molar-refractivity contribution >= 4 is 0 Å². The molecule has 0 aliphatic rings. The van der Waals surface area contributed by atoms with Crippen molar-refractivity contribution in [3.63, 3.8) is 0 Å². The molecule has 0 aromatic carbocycles. The first-order valence-corrected chi connectivity index (χ1v) is 5.14. The number of likely N-dealkylation sites (N-methyl/N-ethyl adjacent to an activating group) is 1. The molecule has 0 spiro atoms. The molecule has 0 saturated heterocycles. The summed E-state index contributed by atoms with van der Waals surface area (Å²) in [5, 5.41) is 3.22. The molecule has 1 atom stereocenters. The molecule has 1 unspecified atom stereocenters. The predicted molar refractivity (Wildman–Crippen MR) is 55.5 cm³/mol. The van der Waals surface area contributed by atoms with Gasteiger partial charge in [0.05, 0.1) is 0 Å². The Hall–Kier alpha value is -0.0800. The molecule has 0 bridgehead atoms. The Morgan fingerprint density at radius 1 is 1.17 bits per heavy atom. The fourth-order valence-electron chi connectivity index (χ4n) is 1.55. The SMILES string of the molecule is CCCN(CCC)C(C)CNC. The molecule has 2 nitrogen and oxygen atoms in total. The third-order valence-electron chi connectivity index (χ3n) is 2.14. The van der Waals surface area contributed by atoms with Crippen molar-refractivity contribution in [1.29, 1.82) is 0 Å². The molecule has 0 amide bonds. The van der Waals surface area contributed by atoms with E-state index in [-0.39, 0.29) is 0 Å². The van der Waals surface area contributed by atoms with Gasteiger partial charge in [-0.25, -0.2) is 0 Å². The van der Waals surface area contributed by atoms with Gasteiger partial charge in [0.1, 0.15) is 0 Å². The zero-order valence-corrected chi connectivity index (χ0v) is 9.06. The van der Waals surface area contributed by atoms with Crippen molar-refractivity contribution in [2.45, 2.75) is 39.7 Å². The van der Waals surface area contributed by atoms with E-state index in [4.69, 9.17) is 0 Å². The fraction of sp³-hybridized carbons (Fsp3) is 1.00. The topological polar surface area (TPSA) is 15.3 Å². The zero-order valence-electron chi connectivity index (χ0n) is 9.06. The first-order chi connectivity index (χ1) is 5.76. The lowest BCUT2D eigenvalue weighted by atomic mass is 10.2. The Morgan fingerprint density at radius 3 is 2.00 bits per heavy atom. The van der Waals surface area contributed by atoms with Crippen LogP contribution in [0.15, 0.2) is 0 Å². The quantitative estimate of drug-likeness (QED) is 0.629. The van der Waals surface area contributed by atoms with Crippen molar-refractivity contribution in [3.05, 3.63) is 0 Å². The van der Waals surface area contributed by atoms with Gasteiger partial charge in [0.25, 0.3) is 0 Å².